The lowest BCUT2D eigenvalue weighted by atomic mass is 10.2. The van der Waals surface area contributed by atoms with E-state index in [1.54, 1.807) is 12.1 Å². The minimum Gasteiger partial charge on any atom is -0.493 e. The summed E-state index contributed by atoms with van der Waals surface area (Å²) in [4.78, 5) is 36.4. The fourth-order valence-electron chi connectivity index (χ4n) is 2.83. The Morgan fingerprint density at radius 1 is 1.00 bits per heavy atom. The van der Waals surface area contributed by atoms with E-state index in [2.05, 4.69) is 4.74 Å². The zero-order valence-corrected chi connectivity index (χ0v) is 17.7. The number of amides is 1. The van der Waals surface area contributed by atoms with Crippen LogP contribution in [0.4, 0.5) is 5.69 Å². The van der Waals surface area contributed by atoms with Crippen molar-refractivity contribution in [1.29, 1.82) is 0 Å². The SMILES string of the molecule is CCN(Cc1ccc(OC)c(OC)c1)C(=O)COc1ccc(C(=O)OC)cc1[N+](=O)[O-]. The molecule has 166 valence electrons. The van der Waals surface area contributed by atoms with Gasteiger partial charge in [0.1, 0.15) is 0 Å². The van der Waals surface area contributed by atoms with Crippen molar-refractivity contribution >= 4 is 17.6 Å². The largest absolute Gasteiger partial charge is 0.493 e. The molecule has 0 fully saturated rings. The molecule has 0 saturated carbocycles. The molecule has 0 atom stereocenters. The van der Waals surface area contributed by atoms with Gasteiger partial charge in [0, 0.05) is 19.2 Å². The second-order valence-corrected chi connectivity index (χ2v) is 6.32. The molecule has 10 nitrogen and oxygen atoms in total. The number of hydrogen-bond donors (Lipinski definition) is 0. The average molecular weight is 432 g/mol. The monoisotopic (exact) mass is 432 g/mol. The van der Waals surface area contributed by atoms with E-state index in [9.17, 15) is 19.7 Å². The number of esters is 1. The molecule has 2 rings (SSSR count). The van der Waals surface area contributed by atoms with E-state index in [0.717, 1.165) is 11.6 Å². The summed E-state index contributed by atoms with van der Waals surface area (Å²) < 4.78 is 20.5. The summed E-state index contributed by atoms with van der Waals surface area (Å²) in [7, 11) is 4.24. The Morgan fingerprint density at radius 3 is 2.26 bits per heavy atom. The fraction of sp³-hybridized carbons (Fsp3) is 0.333. The van der Waals surface area contributed by atoms with Gasteiger partial charge >= 0.3 is 11.7 Å². The van der Waals surface area contributed by atoms with Gasteiger partial charge in [0.25, 0.3) is 5.91 Å². The predicted molar refractivity (Wildman–Crippen MR) is 111 cm³/mol. The summed E-state index contributed by atoms with van der Waals surface area (Å²) in [6, 6.07) is 8.98. The van der Waals surface area contributed by atoms with Crippen LogP contribution in [-0.2, 0) is 16.1 Å². The molecule has 0 N–H and O–H groups in total. The van der Waals surface area contributed by atoms with E-state index in [-0.39, 0.29) is 17.2 Å². The third-order valence-electron chi connectivity index (χ3n) is 4.48. The molecule has 0 bridgehead atoms. The molecule has 0 aliphatic carbocycles. The topological polar surface area (TPSA) is 117 Å². The van der Waals surface area contributed by atoms with E-state index in [1.807, 2.05) is 13.0 Å². The van der Waals surface area contributed by atoms with Crippen LogP contribution in [0.1, 0.15) is 22.8 Å². The van der Waals surface area contributed by atoms with Gasteiger partial charge in [0.2, 0.25) is 0 Å². The van der Waals surface area contributed by atoms with Crippen LogP contribution < -0.4 is 14.2 Å². The molecule has 0 unspecified atom stereocenters. The minimum atomic E-state index is -0.710. The summed E-state index contributed by atoms with van der Waals surface area (Å²) in [5.74, 6) is -0.0673. The van der Waals surface area contributed by atoms with Gasteiger partial charge in [-0.05, 0) is 36.8 Å². The van der Waals surface area contributed by atoms with Crippen molar-refractivity contribution in [3.05, 3.63) is 57.6 Å². The van der Waals surface area contributed by atoms with Crippen LogP contribution in [0.3, 0.4) is 0 Å². The number of hydrogen-bond acceptors (Lipinski definition) is 8. The first kappa shape index (κ1) is 23.5. The van der Waals surface area contributed by atoms with Crippen LogP contribution in [0.2, 0.25) is 0 Å². The lowest BCUT2D eigenvalue weighted by molar-refractivity contribution is -0.385. The highest BCUT2D eigenvalue weighted by Crippen LogP contribution is 2.29. The van der Waals surface area contributed by atoms with Crippen LogP contribution >= 0.6 is 0 Å². The molecular weight excluding hydrogens is 408 g/mol. The zero-order chi connectivity index (χ0) is 23.0. The first-order chi connectivity index (χ1) is 14.8. The van der Waals surface area contributed by atoms with Crippen molar-refractivity contribution in [2.24, 2.45) is 0 Å². The Labute approximate surface area is 179 Å². The predicted octanol–water partition coefficient (Wildman–Crippen LogP) is 2.83. The molecule has 0 aliphatic heterocycles. The zero-order valence-electron chi connectivity index (χ0n) is 17.7. The average Bonchev–Trinajstić information content (AvgIpc) is 2.79. The van der Waals surface area contributed by atoms with Crippen molar-refractivity contribution in [1.82, 2.24) is 4.90 Å². The van der Waals surface area contributed by atoms with Crippen molar-refractivity contribution in [2.45, 2.75) is 13.5 Å². The summed E-state index contributed by atoms with van der Waals surface area (Å²) in [6.07, 6.45) is 0. The summed E-state index contributed by atoms with van der Waals surface area (Å²) >= 11 is 0. The number of methoxy groups -OCH3 is 3. The molecule has 0 saturated heterocycles. The summed E-state index contributed by atoms with van der Waals surface area (Å²) in [5, 5.41) is 11.3. The minimum absolute atomic E-state index is 0.0107. The Balaban J connectivity index is 2.11. The number of carbonyl (C=O) groups is 2. The van der Waals surface area contributed by atoms with E-state index >= 15 is 0 Å². The van der Waals surface area contributed by atoms with E-state index in [4.69, 9.17) is 14.2 Å². The Bertz CT molecular complexity index is 960. The Kier molecular flexibility index (Phi) is 8.18. The van der Waals surface area contributed by atoms with E-state index < -0.39 is 23.2 Å². The van der Waals surface area contributed by atoms with Crippen LogP contribution in [0.5, 0.6) is 17.2 Å². The lowest BCUT2D eigenvalue weighted by Gasteiger charge is -2.21. The third-order valence-corrected chi connectivity index (χ3v) is 4.48. The molecule has 1 amide bonds. The number of ether oxygens (including phenoxy) is 4. The second-order valence-electron chi connectivity index (χ2n) is 6.32. The standard InChI is InChI=1S/C21H24N2O8/c1-5-22(12-14-6-8-18(28-2)19(10-14)29-3)20(24)13-31-17-9-7-15(21(25)30-4)11-16(17)23(26)27/h6-11H,5,12-13H2,1-4H3. The highest BCUT2D eigenvalue weighted by atomic mass is 16.6. The maximum absolute atomic E-state index is 12.6. The van der Waals surface area contributed by atoms with Crippen LogP contribution in [0, 0.1) is 10.1 Å². The maximum atomic E-state index is 12.6. The number of nitrogens with zero attached hydrogens (tertiary/aromatic N) is 2. The number of benzene rings is 2. The second kappa shape index (κ2) is 10.8. The van der Waals surface area contributed by atoms with Crippen LogP contribution in [0.25, 0.3) is 0 Å². The molecular formula is C21H24N2O8. The molecule has 0 aliphatic rings. The molecule has 2 aromatic rings. The molecule has 2 aromatic carbocycles. The Hall–Kier alpha value is -3.82. The molecule has 31 heavy (non-hydrogen) atoms. The maximum Gasteiger partial charge on any atom is 0.338 e. The summed E-state index contributed by atoms with van der Waals surface area (Å²) in [6.45, 7) is 2.11. The first-order valence-corrected chi connectivity index (χ1v) is 9.32. The van der Waals surface area contributed by atoms with Crippen LogP contribution in [0.15, 0.2) is 36.4 Å². The van der Waals surface area contributed by atoms with Crippen LogP contribution in [-0.4, -0.2) is 56.2 Å². The van der Waals surface area contributed by atoms with Crippen molar-refractivity contribution in [3.63, 3.8) is 0 Å². The smallest absolute Gasteiger partial charge is 0.338 e. The fourth-order valence-corrected chi connectivity index (χ4v) is 2.83. The molecule has 10 heteroatoms. The van der Waals surface area contributed by atoms with Crippen molar-refractivity contribution in [3.8, 4) is 17.2 Å². The molecule has 0 heterocycles. The normalized spacial score (nSPS) is 10.2. The third kappa shape index (κ3) is 5.84. The molecule has 0 spiro atoms. The van der Waals surface area contributed by atoms with E-state index in [1.165, 1.54) is 38.4 Å². The Morgan fingerprint density at radius 2 is 1.68 bits per heavy atom. The highest BCUT2D eigenvalue weighted by molar-refractivity contribution is 5.90. The number of nitro benzene ring substituents is 1. The van der Waals surface area contributed by atoms with Gasteiger partial charge in [-0.25, -0.2) is 4.79 Å². The molecule has 0 radical (unpaired) electrons. The van der Waals surface area contributed by atoms with Gasteiger partial charge in [-0.3, -0.25) is 14.9 Å². The van der Waals surface area contributed by atoms with Gasteiger partial charge < -0.3 is 23.8 Å². The summed E-state index contributed by atoms with van der Waals surface area (Å²) in [5.41, 5.74) is 0.399. The van der Waals surface area contributed by atoms with Gasteiger partial charge in [-0.1, -0.05) is 6.07 Å². The number of carbonyl (C=O) groups excluding carboxylic acids is 2. The van der Waals surface area contributed by atoms with Crippen molar-refractivity contribution in [2.75, 3.05) is 34.5 Å². The van der Waals surface area contributed by atoms with E-state index in [0.29, 0.717) is 24.6 Å². The van der Waals surface area contributed by atoms with Crippen molar-refractivity contribution < 1.29 is 33.5 Å². The number of rotatable bonds is 10. The lowest BCUT2D eigenvalue weighted by Crippen LogP contribution is -2.34. The molecule has 0 aromatic heterocycles. The quantitative estimate of drug-likeness (QED) is 0.320. The highest BCUT2D eigenvalue weighted by Gasteiger charge is 2.21. The van der Waals surface area contributed by atoms with Gasteiger partial charge in [-0.15, -0.1) is 0 Å². The van der Waals surface area contributed by atoms with Gasteiger partial charge in [0.05, 0.1) is 31.8 Å². The number of likely N-dealkylation sites (N-methyl/N-ethyl adjacent to an activating group) is 1. The number of nitro groups is 1. The van der Waals surface area contributed by atoms with Gasteiger partial charge in [0.15, 0.2) is 23.9 Å². The van der Waals surface area contributed by atoms with Gasteiger partial charge in [-0.2, -0.15) is 0 Å². The first-order valence-electron chi connectivity index (χ1n) is 9.32.